The first-order chi connectivity index (χ1) is 8.18. The molecular formula is C14H22BrNO. The number of hydrogen-bond donors (Lipinski definition) is 0. The minimum absolute atomic E-state index is 0.432. The van der Waals surface area contributed by atoms with Gasteiger partial charge in [0, 0.05) is 23.8 Å². The highest BCUT2D eigenvalue weighted by Crippen LogP contribution is 2.58. The molecule has 0 aromatic rings. The minimum atomic E-state index is 0.432. The quantitative estimate of drug-likeness (QED) is 0.718. The summed E-state index contributed by atoms with van der Waals surface area (Å²) in [5.74, 6) is 3.23. The van der Waals surface area contributed by atoms with Gasteiger partial charge in [-0.05, 0) is 43.4 Å². The Morgan fingerprint density at radius 2 is 1.76 bits per heavy atom. The van der Waals surface area contributed by atoms with Crippen LogP contribution in [-0.2, 0) is 4.79 Å². The predicted octanol–water partition coefficient (Wildman–Crippen LogP) is 3.05. The maximum atomic E-state index is 12.4. The zero-order valence-electron chi connectivity index (χ0n) is 10.6. The summed E-state index contributed by atoms with van der Waals surface area (Å²) in [6.45, 7) is 4.22. The van der Waals surface area contributed by atoms with Gasteiger partial charge in [-0.3, -0.25) is 4.79 Å². The molecule has 3 unspecified atom stereocenters. The van der Waals surface area contributed by atoms with Gasteiger partial charge in [-0.25, -0.2) is 0 Å². The van der Waals surface area contributed by atoms with E-state index in [1.54, 1.807) is 0 Å². The molecule has 3 aliphatic rings. The lowest BCUT2D eigenvalue weighted by atomic mass is 9.94. The van der Waals surface area contributed by atoms with Crippen molar-refractivity contribution < 1.29 is 4.79 Å². The SMILES string of the molecule is CC(Br)C1CCN(C(=O)C2C3CCCC32)CC1. The lowest BCUT2D eigenvalue weighted by Crippen LogP contribution is -2.41. The Balaban J connectivity index is 1.52. The first-order valence-corrected chi connectivity index (χ1v) is 8.03. The molecule has 1 aliphatic heterocycles. The number of nitrogens with zero attached hydrogens (tertiary/aromatic N) is 1. The highest BCUT2D eigenvalue weighted by molar-refractivity contribution is 9.09. The van der Waals surface area contributed by atoms with Crippen LogP contribution in [0.25, 0.3) is 0 Å². The Bertz CT molecular complexity index is 299. The lowest BCUT2D eigenvalue weighted by Gasteiger charge is -2.33. The van der Waals surface area contributed by atoms with E-state index in [-0.39, 0.29) is 0 Å². The van der Waals surface area contributed by atoms with Crippen molar-refractivity contribution in [2.45, 2.75) is 43.9 Å². The van der Waals surface area contributed by atoms with Crippen molar-refractivity contribution in [3.63, 3.8) is 0 Å². The summed E-state index contributed by atoms with van der Waals surface area (Å²) in [4.78, 5) is 15.1. The molecule has 1 saturated heterocycles. The molecule has 96 valence electrons. The van der Waals surface area contributed by atoms with E-state index in [0.717, 1.165) is 30.8 Å². The van der Waals surface area contributed by atoms with Crippen molar-refractivity contribution in [2.24, 2.45) is 23.7 Å². The first-order valence-electron chi connectivity index (χ1n) is 7.11. The van der Waals surface area contributed by atoms with Crippen molar-refractivity contribution >= 4 is 21.8 Å². The second-order valence-electron chi connectivity index (χ2n) is 6.12. The van der Waals surface area contributed by atoms with Gasteiger partial charge in [0.2, 0.25) is 5.91 Å². The highest BCUT2D eigenvalue weighted by atomic mass is 79.9. The van der Waals surface area contributed by atoms with Gasteiger partial charge in [0.05, 0.1) is 0 Å². The number of fused-ring (bicyclic) bond motifs is 1. The lowest BCUT2D eigenvalue weighted by molar-refractivity contribution is -0.134. The summed E-state index contributed by atoms with van der Waals surface area (Å²) in [5.41, 5.74) is 0. The van der Waals surface area contributed by atoms with Gasteiger partial charge in [-0.15, -0.1) is 0 Å². The Kier molecular flexibility index (Phi) is 3.22. The van der Waals surface area contributed by atoms with E-state index in [0.29, 0.717) is 16.7 Å². The molecule has 3 rings (SSSR count). The van der Waals surface area contributed by atoms with E-state index in [1.807, 2.05) is 0 Å². The monoisotopic (exact) mass is 299 g/mol. The van der Waals surface area contributed by atoms with Crippen LogP contribution in [0.1, 0.15) is 39.0 Å². The molecule has 0 N–H and O–H groups in total. The second kappa shape index (κ2) is 4.56. The number of amides is 1. The standard InChI is InChI=1S/C14H22BrNO/c1-9(15)10-5-7-16(8-6-10)14(17)13-11-3-2-4-12(11)13/h9-13H,2-8H2,1H3. The van der Waals surface area contributed by atoms with E-state index in [1.165, 1.54) is 32.1 Å². The maximum Gasteiger partial charge on any atom is 0.226 e. The summed E-state index contributed by atoms with van der Waals surface area (Å²) in [7, 11) is 0. The predicted molar refractivity (Wildman–Crippen MR) is 72.0 cm³/mol. The van der Waals surface area contributed by atoms with E-state index in [4.69, 9.17) is 0 Å². The van der Waals surface area contributed by atoms with Crippen LogP contribution in [0, 0.1) is 23.7 Å². The zero-order chi connectivity index (χ0) is 12.0. The summed E-state index contributed by atoms with van der Waals surface area (Å²) < 4.78 is 0. The van der Waals surface area contributed by atoms with Crippen molar-refractivity contribution in [3.05, 3.63) is 0 Å². The number of alkyl halides is 1. The zero-order valence-corrected chi connectivity index (χ0v) is 12.2. The van der Waals surface area contributed by atoms with Crippen LogP contribution in [0.15, 0.2) is 0 Å². The minimum Gasteiger partial charge on any atom is -0.342 e. The molecular weight excluding hydrogens is 278 g/mol. The van der Waals surface area contributed by atoms with Crippen molar-refractivity contribution in [3.8, 4) is 0 Å². The molecule has 3 fully saturated rings. The summed E-state index contributed by atoms with van der Waals surface area (Å²) in [6, 6.07) is 0. The molecule has 3 heteroatoms. The van der Waals surface area contributed by atoms with Gasteiger partial charge in [0.15, 0.2) is 0 Å². The first kappa shape index (κ1) is 12.0. The molecule has 1 heterocycles. The molecule has 0 radical (unpaired) electrons. The summed E-state index contributed by atoms with van der Waals surface area (Å²) in [5, 5.41) is 0. The van der Waals surface area contributed by atoms with Crippen LogP contribution < -0.4 is 0 Å². The Hall–Kier alpha value is -0.0500. The van der Waals surface area contributed by atoms with E-state index < -0.39 is 0 Å². The fourth-order valence-corrected chi connectivity index (χ4v) is 4.51. The van der Waals surface area contributed by atoms with Gasteiger partial charge in [0.25, 0.3) is 0 Å². The largest absolute Gasteiger partial charge is 0.342 e. The molecule has 1 amide bonds. The summed E-state index contributed by atoms with van der Waals surface area (Å²) in [6.07, 6.45) is 6.36. The topological polar surface area (TPSA) is 20.3 Å². The van der Waals surface area contributed by atoms with Crippen molar-refractivity contribution in [1.29, 1.82) is 0 Å². The molecule has 2 saturated carbocycles. The average molecular weight is 300 g/mol. The smallest absolute Gasteiger partial charge is 0.226 e. The Labute approximate surface area is 112 Å². The van der Waals surface area contributed by atoms with Crippen LogP contribution in [0.3, 0.4) is 0 Å². The van der Waals surface area contributed by atoms with E-state index in [2.05, 4.69) is 27.8 Å². The molecule has 17 heavy (non-hydrogen) atoms. The third kappa shape index (κ3) is 2.16. The van der Waals surface area contributed by atoms with Crippen molar-refractivity contribution in [1.82, 2.24) is 4.90 Å². The molecule has 3 atom stereocenters. The van der Waals surface area contributed by atoms with Crippen LogP contribution in [0.5, 0.6) is 0 Å². The number of carbonyl (C=O) groups excluding carboxylic acids is 1. The number of piperidine rings is 1. The third-order valence-corrected chi connectivity index (χ3v) is 5.94. The molecule has 0 aromatic heterocycles. The second-order valence-corrected chi connectivity index (χ2v) is 7.57. The van der Waals surface area contributed by atoms with Gasteiger partial charge >= 0.3 is 0 Å². The average Bonchev–Trinajstić information content (AvgIpc) is 2.81. The normalized spacial score (nSPS) is 38.9. The van der Waals surface area contributed by atoms with Crippen LogP contribution in [0.2, 0.25) is 0 Å². The van der Waals surface area contributed by atoms with Crippen LogP contribution in [0.4, 0.5) is 0 Å². The number of halogens is 1. The maximum absolute atomic E-state index is 12.4. The molecule has 0 spiro atoms. The number of likely N-dealkylation sites (tertiary alicyclic amines) is 1. The Morgan fingerprint density at radius 3 is 2.29 bits per heavy atom. The van der Waals surface area contributed by atoms with Gasteiger partial charge in [-0.1, -0.05) is 29.3 Å². The molecule has 0 aromatic carbocycles. The fraction of sp³-hybridized carbons (Fsp3) is 0.929. The van der Waals surface area contributed by atoms with Crippen LogP contribution >= 0.6 is 15.9 Å². The highest BCUT2D eigenvalue weighted by Gasteiger charge is 2.57. The third-order valence-electron chi connectivity index (χ3n) is 5.19. The van der Waals surface area contributed by atoms with Crippen molar-refractivity contribution in [2.75, 3.05) is 13.1 Å². The van der Waals surface area contributed by atoms with Gasteiger partial charge < -0.3 is 4.90 Å². The van der Waals surface area contributed by atoms with E-state index in [9.17, 15) is 4.79 Å². The number of hydrogen-bond acceptors (Lipinski definition) is 1. The number of rotatable bonds is 2. The molecule has 0 bridgehead atoms. The fourth-order valence-electron chi connectivity index (χ4n) is 3.98. The molecule has 2 nitrogen and oxygen atoms in total. The van der Waals surface area contributed by atoms with Crippen LogP contribution in [-0.4, -0.2) is 28.7 Å². The van der Waals surface area contributed by atoms with Gasteiger partial charge in [-0.2, -0.15) is 0 Å². The van der Waals surface area contributed by atoms with Gasteiger partial charge in [0.1, 0.15) is 0 Å². The summed E-state index contributed by atoms with van der Waals surface area (Å²) >= 11 is 3.67. The Morgan fingerprint density at radius 1 is 1.18 bits per heavy atom. The number of carbonyl (C=O) groups is 1. The van der Waals surface area contributed by atoms with E-state index >= 15 is 0 Å². The molecule has 2 aliphatic carbocycles.